The van der Waals surface area contributed by atoms with Gasteiger partial charge in [0.1, 0.15) is 0 Å². The van der Waals surface area contributed by atoms with Crippen molar-refractivity contribution in [2.45, 2.75) is 59.2 Å². The van der Waals surface area contributed by atoms with Gasteiger partial charge in [-0.3, -0.25) is 4.90 Å². The minimum Gasteiger partial charge on any atom is -0.476 e. The topological polar surface area (TPSA) is 82.1 Å². The quantitative estimate of drug-likeness (QED) is 0.582. The van der Waals surface area contributed by atoms with E-state index in [4.69, 9.17) is 10.5 Å². The second-order valence-electron chi connectivity index (χ2n) is 8.48. The van der Waals surface area contributed by atoms with Crippen LogP contribution in [0.2, 0.25) is 0 Å². The van der Waals surface area contributed by atoms with Crippen LogP contribution in [-0.4, -0.2) is 43.6 Å². The van der Waals surface area contributed by atoms with Crippen LogP contribution in [0.1, 0.15) is 51.7 Å². The summed E-state index contributed by atoms with van der Waals surface area (Å²) in [4.78, 5) is 15.3. The molecule has 0 aliphatic carbocycles. The lowest BCUT2D eigenvalue weighted by Crippen LogP contribution is -2.37. The molecular weight excluding hydrogens is 364 g/mol. The van der Waals surface area contributed by atoms with Crippen LogP contribution in [0.5, 0.6) is 5.88 Å². The van der Waals surface area contributed by atoms with E-state index in [1.54, 1.807) is 6.33 Å². The predicted octanol–water partition coefficient (Wildman–Crippen LogP) is 3.87. The standard InChI is InChI=1S/C22H32N6O/c1-6-7-12-29-20-18-19(25-21(23)26-20)24-15-28(18)14-17-10-8-16(9-11-17)13-27(5)22(2,3)4/h8-11,15H,6-7,12-14H2,1-5H3,(H2,23,25,26). The lowest BCUT2D eigenvalue weighted by molar-refractivity contribution is 0.167. The van der Waals surface area contributed by atoms with Gasteiger partial charge in [-0.25, -0.2) is 4.98 Å². The minimum absolute atomic E-state index is 0.143. The highest BCUT2D eigenvalue weighted by molar-refractivity contribution is 5.77. The van der Waals surface area contributed by atoms with Gasteiger partial charge in [-0.1, -0.05) is 37.6 Å². The summed E-state index contributed by atoms with van der Waals surface area (Å²) >= 11 is 0. The number of ether oxygens (including phenoxy) is 1. The molecule has 0 unspecified atom stereocenters. The number of fused-ring (bicyclic) bond motifs is 1. The van der Waals surface area contributed by atoms with Crippen molar-refractivity contribution in [2.24, 2.45) is 0 Å². The highest BCUT2D eigenvalue weighted by Crippen LogP contribution is 2.24. The van der Waals surface area contributed by atoms with Crippen molar-refractivity contribution < 1.29 is 4.74 Å². The van der Waals surface area contributed by atoms with Gasteiger partial charge in [-0.2, -0.15) is 9.97 Å². The first kappa shape index (κ1) is 21.0. The Morgan fingerprint density at radius 3 is 2.45 bits per heavy atom. The van der Waals surface area contributed by atoms with Crippen molar-refractivity contribution in [3.8, 4) is 5.88 Å². The maximum absolute atomic E-state index is 5.87. The van der Waals surface area contributed by atoms with Crippen LogP contribution in [0.25, 0.3) is 11.2 Å². The van der Waals surface area contributed by atoms with E-state index in [1.807, 2.05) is 4.57 Å². The van der Waals surface area contributed by atoms with Gasteiger partial charge in [0, 0.05) is 18.6 Å². The normalized spacial score (nSPS) is 12.1. The summed E-state index contributed by atoms with van der Waals surface area (Å²) in [5, 5.41) is 0. The number of anilines is 1. The molecule has 0 radical (unpaired) electrons. The van der Waals surface area contributed by atoms with E-state index in [2.05, 4.69) is 78.9 Å². The number of rotatable bonds is 8. The molecule has 2 aromatic heterocycles. The van der Waals surface area contributed by atoms with E-state index in [0.29, 0.717) is 24.7 Å². The zero-order chi connectivity index (χ0) is 21.0. The number of nitrogens with zero attached hydrogens (tertiary/aromatic N) is 5. The zero-order valence-corrected chi connectivity index (χ0v) is 18.1. The molecule has 3 rings (SSSR count). The lowest BCUT2D eigenvalue weighted by atomic mass is 10.0. The molecule has 7 heteroatoms. The van der Waals surface area contributed by atoms with Crippen molar-refractivity contribution in [1.82, 2.24) is 24.4 Å². The van der Waals surface area contributed by atoms with Crippen LogP contribution in [0, 0.1) is 0 Å². The third kappa shape index (κ3) is 5.23. The minimum atomic E-state index is 0.143. The first-order valence-corrected chi connectivity index (χ1v) is 10.2. The molecule has 7 nitrogen and oxygen atoms in total. The fourth-order valence-corrected chi connectivity index (χ4v) is 2.95. The van der Waals surface area contributed by atoms with Gasteiger partial charge in [0.25, 0.3) is 0 Å². The molecule has 2 heterocycles. The molecule has 0 saturated carbocycles. The number of aromatic nitrogens is 4. The van der Waals surface area contributed by atoms with E-state index in [0.717, 1.165) is 24.9 Å². The molecule has 3 aromatic rings. The summed E-state index contributed by atoms with van der Waals surface area (Å²) in [6.07, 6.45) is 3.79. The maximum Gasteiger partial charge on any atom is 0.245 e. The summed E-state index contributed by atoms with van der Waals surface area (Å²) in [5.41, 5.74) is 9.79. The SMILES string of the molecule is CCCCOc1nc(N)nc2ncn(Cc3ccc(CN(C)C(C)(C)C)cc3)c12. The van der Waals surface area contributed by atoms with Crippen LogP contribution in [0.4, 0.5) is 5.95 Å². The van der Waals surface area contributed by atoms with Crippen LogP contribution in [0.15, 0.2) is 30.6 Å². The third-order valence-electron chi connectivity index (χ3n) is 5.14. The average Bonchev–Trinajstić information content (AvgIpc) is 3.05. The molecule has 0 spiro atoms. The Labute approximate surface area is 172 Å². The van der Waals surface area contributed by atoms with Gasteiger partial charge < -0.3 is 15.0 Å². The Balaban J connectivity index is 1.79. The van der Waals surface area contributed by atoms with Crippen LogP contribution < -0.4 is 10.5 Å². The zero-order valence-electron chi connectivity index (χ0n) is 18.1. The molecule has 0 amide bonds. The van der Waals surface area contributed by atoms with Crippen LogP contribution in [-0.2, 0) is 13.1 Å². The van der Waals surface area contributed by atoms with Gasteiger partial charge >= 0.3 is 0 Å². The number of hydrogen-bond donors (Lipinski definition) is 1. The van der Waals surface area contributed by atoms with Gasteiger partial charge in [0.15, 0.2) is 11.2 Å². The summed E-state index contributed by atoms with van der Waals surface area (Å²) in [7, 11) is 2.15. The second kappa shape index (κ2) is 8.78. The van der Waals surface area contributed by atoms with E-state index in [9.17, 15) is 0 Å². The molecule has 0 fully saturated rings. The molecule has 0 atom stereocenters. The summed E-state index contributed by atoms with van der Waals surface area (Å²) in [6, 6.07) is 8.69. The Morgan fingerprint density at radius 1 is 1.10 bits per heavy atom. The Morgan fingerprint density at radius 2 is 1.79 bits per heavy atom. The molecule has 1 aromatic carbocycles. The van der Waals surface area contributed by atoms with Gasteiger partial charge in [0.2, 0.25) is 11.8 Å². The first-order chi connectivity index (χ1) is 13.8. The van der Waals surface area contributed by atoms with E-state index < -0.39 is 0 Å². The Hall–Kier alpha value is -2.67. The Bertz CT molecular complexity index is 942. The molecule has 0 aliphatic rings. The van der Waals surface area contributed by atoms with Crippen LogP contribution >= 0.6 is 0 Å². The van der Waals surface area contributed by atoms with E-state index >= 15 is 0 Å². The molecular formula is C22H32N6O. The molecule has 29 heavy (non-hydrogen) atoms. The fourth-order valence-electron chi connectivity index (χ4n) is 2.95. The first-order valence-electron chi connectivity index (χ1n) is 10.2. The third-order valence-corrected chi connectivity index (χ3v) is 5.14. The number of hydrogen-bond acceptors (Lipinski definition) is 6. The second-order valence-corrected chi connectivity index (χ2v) is 8.48. The number of imidazole rings is 1. The number of benzene rings is 1. The lowest BCUT2D eigenvalue weighted by Gasteiger charge is -2.31. The molecule has 0 saturated heterocycles. The van der Waals surface area contributed by atoms with Crippen LogP contribution in [0.3, 0.4) is 0 Å². The number of unbranched alkanes of at least 4 members (excludes halogenated alkanes) is 1. The maximum atomic E-state index is 5.87. The Kier molecular flexibility index (Phi) is 6.37. The van der Waals surface area contributed by atoms with E-state index in [-0.39, 0.29) is 11.5 Å². The number of nitrogens with two attached hydrogens (primary N) is 1. The highest BCUT2D eigenvalue weighted by Gasteiger charge is 2.17. The van der Waals surface area contributed by atoms with Crippen molar-refractivity contribution in [3.63, 3.8) is 0 Å². The van der Waals surface area contributed by atoms with Crippen molar-refractivity contribution >= 4 is 17.1 Å². The number of nitrogen functional groups attached to an aromatic ring is 1. The fraction of sp³-hybridized carbons (Fsp3) is 0.500. The van der Waals surface area contributed by atoms with Crippen molar-refractivity contribution in [3.05, 3.63) is 41.7 Å². The summed E-state index contributed by atoms with van der Waals surface area (Å²) < 4.78 is 7.89. The highest BCUT2D eigenvalue weighted by atomic mass is 16.5. The predicted molar refractivity (Wildman–Crippen MR) is 117 cm³/mol. The van der Waals surface area contributed by atoms with Crippen molar-refractivity contribution in [1.29, 1.82) is 0 Å². The summed E-state index contributed by atoms with van der Waals surface area (Å²) in [5.74, 6) is 0.684. The molecule has 0 bridgehead atoms. The smallest absolute Gasteiger partial charge is 0.245 e. The van der Waals surface area contributed by atoms with Gasteiger partial charge in [-0.15, -0.1) is 0 Å². The van der Waals surface area contributed by atoms with E-state index in [1.165, 1.54) is 11.1 Å². The van der Waals surface area contributed by atoms with Gasteiger partial charge in [-0.05, 0) is 45.4 Å². The molecule has 156 valence electrons. The molecule has 2 N–H and O–H groups in total. The average molecular weight is 397 g/mol. The molecule has 0 aliphatic heterocycles. The van der Waals surface area contributed by atoms with Crippen molar-refractivity contribution in [2.75, 3.05) is 19.4 Å². The largest absolute Gasteiger partial charge is 0.476 e. The monoisotopic (exact) mass is 396 g/mol. The van der Waals surface area contributed by atoms with Gasteiger partial charge in [0.05, 0.1) is 12.9 Å². The summed E-state index contributed by atoms with van der Waals surface area (Å²) in [6.45, 7) is 11.0.